The highest BCUT2D eigenvalue weighted by molar-refractivity contribution is 5.94. The number of anilines is 1. The zero-order valence-corrected chi connectivity index (χ0v) is 15.0. The first-order valence-electron chi connectivity index (χ1n) is 8.70. The maximum atomic E-state index is 12.1. The molecule has 3 aromatic rings. The van der Waals surface area contributed by atoms with Crippen molar-refractivity contribution in [1.82, 2.24) is 10.8 Å². The SMILES string of the molecule is CCc1ccc2cc(CNC(=O)Nc3ccc(C(=O)NO)cc3)ccc2c1. The molecule has 6 nitrogen and oxygen atoms in total. The van der Waals surface area contributed by atoms with Crippen LogP contribution in [0.4, 0.5) is 10.5 Å². The fraction of sp³-hybridized carbons (Fsp3) is 0.143. The molecule has 3 aromatic carbocycles. The Hall–Kier alpha value is -3.38. The summed E-state index contributed by atoms with van der Waals surface area (Å²) in [6.45, 7) is 2.54. The first-order valence-corrected chi connectivity index (χ1v) is 8.70. The van der Waals surface area contributed by atoms with Crippen LogP contribution in [0.3, 0.4) is 0 Å². The monoisotopic (exact) mass is 363 g/mol. The molecule has 0 aliphatic carbocycles. The Morgan fingerprint density at radius 3 is 2.15 bits per heavy atom. The van der Waals surface area contributed by atoms with Crippen molar-refractivity contribution >= 4 is 28.4 Å². The fourth-order valence-corrected chi connectivity index (χ4v) is 2.80. The molecule has 0 saturated heterocycles. The highest BCUT2D eigenvalue weighted by Gasteiger charge is 2.06. The maximum absolute atomic E-state index is 12.1. The van der Waals surface area contributed by atoms with Gasteiger partial charge in [0.25, 0.3) is 5.91 Å². The van der Waals surface area contributed by atoms with E-state index >= 15 is 0 Å². The molecule has 138 valence electrons. The fourth-order valence-electron chi connectivity index (χ4n) is 2.80. The number of nitrogens with one attached hydrogen (secondary N) is 3. The number of amides is 3. The number of fused-ring (bicyclic) bond motifs is 1. The first kappa shape index (κ1) is 18.4. The molecule has 0 atom stereocenters. The lowest BCUT2D eigenvalue weighted by molar-refractivity contribution is 0.0706. The number of benzene rings is 3. The van der Waals surface area contributed by atoms with Gasteiger partial charge in [0.15, 0.2) is 0 Å². The van der Waals surface area contributed by atoms with Gasteiger partial charge in [0.05, 0.1) is 0 Å². The number of hydrogen-bond acceptors (Lipinski definition) is 3. The summed E-state index contributed by atoms with van der Waals surface area (Å²) in [5.74, 6) is -0.603. The van der Waals surface area contributed by atoms with Crippen molar-refractivity contribution in [2.45, 2.75) is 19.9 Å². The van der Waals surface area contributed by atoms with Crippen LogP contribution < -0.4 is 16.1 Å². The second-order valence-corrected chi connectivity index (χ2v) is 6.20. The van der Waals surface area contributed by atoms with Gasteiger partial charge in [-0.1, -0.05) is 37.3 Å². The minimum Gasteiger partial charge on any atom is -0.334 e. The van der Waals surface area contributed by atoms with Crippen LogP contribution in [0.1, 0.15) is 28.4 Å². The van der Waals surface area contributed by atoms with Crippen LogP contribution in [0.15, 0.2) is 60.7 Å². The Morgan fingerprint density at radius 1 is 0.889 bits per heavy atom. The lowest BCUT2D eigenvalue weighted by Gasteiger charge is -2.09. The first-order chi connectivity index (χ1) is 13.1. The normalized spacial score (nSPS) is 10.4. The number of carbonyl (C=O) groups excluding carboxylic acids is 2. The lowest BCUT2D eigenvalue weighted by atomic mass is 10.0. The van der Waals surface area contributed by atoms with Crippen LogP contribution in [0.25, 0.3) is 10.8 Å². The third-order valence-electron chi connectivity index (χ3n) is 4.34. The molecule has 0 unspecified atom stereocenters. The summed E-state index contributed by atoms with van der Waals surface area (Å²) in [7, 11) is 0. The van der Waals surface area contributed by atoms with E-state index < -0.39 is 5.91 Å². The molecule has 0 aliphatic heterocycles. The van der Waals surface area contributed by atoms with Crippen molar-refractivity contribution in [2.75, 3.05) is 5.32 Å². The van der Waals surface area contributed by atoms with E-state index in [0.29, 0.717) is 17.8 Å². The molecule has 3 rings (SSSR count). The molecule has 0 aromatic heterocycles. The van der Waals surface area contributed by atoms with E-state index in [1.54, 1.807) is 17.6 Å². The number of rotatable bonds is 5. The summed E-state index contributed by atoms with van der Waals surface area (Å²) in [5.41, 5.74) is 4.72. The van der Waals surface area contributed by atoms with E-state index in [1.807, 2.05) is 6.07 Å². The summed E-state index contributed by atoms with van der Waals surface area (Å²) in [6, 6.07) is 18.4. The average molecular weight is 363 g/mol. The molecule has 0 bridgehead atoms. The average Bonchev–Trinajstić information content (AvgIpc) is 2.71. The van der Waals surface area contributed by atoms with Crippen molar-refractivity contribution in [3.8, 4) is 0 Å². The van der Waals surface area contributed by atoms with Crippen molar-refractivity contribution in [1.29, 1.82) is 0 Å². The largest absolute Gasteiger partial charge is 0.334 e. The molecule has 27 heavy (non-hydrogen) atoms. The van der Waals surface area contributed by atoms with Crippen LogP contribution in [0, 0.1) is 0 Å². The summed E-state index contributed by atoms with van der Waals surface area (Å²) in [5, 5.41) is 16.4. The third-order valence-corrected chi connectivity index (χ3v) is 4.34. The topological polar surface area (TPSA) is 90.5 Å². The molecule has 0 spiro atoms. The smallest absolute Gasteiger partial charge is 0.319 e. The van der Waals surface area contributed by atoms with Gasteiger partial charge in [-0.2, -0.15) is 0 Å². The molecule has 0 heterocycles. The molecule has 0 fully saturated rings. The molecule has 0 saturated carbocycles. The summed E-state index contributed by atoms with van der Waals surface area (Å²) in [6.07, 6.45) is 1.01. The Morgan fingerprint density at radius 2 is 1.52 bits per heavy atom. The molecule has 4 N–H and O–H groups in total. The van der Waals surface area contributed by atoms with Gasteiger partial charge in [0, 0.05) is 17.8 Å². The Kier molecular flexibility index (Phi) is 5.68. The Labute approximate surface area is 157 Å². The van der Waals surface area contributed by atoms with Crippen LogP contribution in [-0.4, -0.2) is 17.1 Å². The van der Waals surface area contributed by atoms with Crippen LogP contribution in [0.2, 0.25) is 0 Å². The van der Waals surface area contributed by atoms with Crippen LogP contribution in [-0.2, 0) is 13.0 Å². The number of carbonyl (C=O) groups is 2. The van der Waals surface area contributed by atoms with Crippen molar-refractivity contribution < 1.29 is 14.8 Å². The number of hydrogen-bond donors (Lipinski definition) is 4. The zero-order chi connectivity index (χ0) is 19.2. The summed E-state index contributed by atoms with van der Waals surface area (Å²) >= 11 is 0. The molecular weight excluding hydrogens is 342 g/mol. The van der Waals surface area contributed by atoms with Gasteiger partial charge < -0.3 is 10.6 Å². The van der Waals surface area contributed by atoms with Gasteiger partial charge in [-0.25, -0.2) is 10.3 Å². The quantitative estimate of drug-likeness (QED) is 0.410. The summed E-state index contributed by atoms with van der Waals surface area (Å²) < 4.78 is 0. The molecule has 0 aliphatic rings. The summed E-state index contributed by atoms with van der Waals surface area (Å²) in [4.78, 5) is 23.3. The lowest BCUT2D eigenvalue weighted by Crippen LogP contribution is -2.28. The van der Waals surface area contributed by atoms with Crippen molar-refractivity contribution in [3.63, 3.8) is 0 Å². The second kappa shape index (κ2) is 8.33. The van der Waals surface area contributed by atoms with E-state index in [4.69, 9.17) is 5.21 Å². The Balaban J connectivity index is 1.58. The second-order valence-electron chi connectivity index (χ2n) is 6.20. The van der Waals surface area contributed by atoms with Gasteiger partial charge in [-0.15, -0.1) is 0 Å². The molecule has 3 amide bonds. The third kappa shape index (κ3) is 4.62. The predicted octanol–water partition coefficient (Wildman–Crippen LogP) is 3.84. The van der Waals surface area contributed by atoms with Crippen molar-refractivity contribution in [2.24, 2.45) is 0 Å². The van der Waals surface area contributed by atoms with Crippen molar-refractivity contribution in [3.05, 3.63) is 77.4 Å². The van der Waals surface area contributed by atoms with E-state index in [2.05, 4.69) is 47.9 Å². The minimum atomic E-state index is -0.603. The van der Waals surface area contributed by atoms with Crippen LogP contribution in [0.5, 0.6) is 0 Å². The van der Waals surface area contributed by atoms with E-state index in [9.17, 15) is 9.59 Å². The molecule has 6 heteroatoms. The minimum absolute atomic E-state index is 0.297. The molecular formula is C21H21N3O3. The number of hydroxylamine groups is 1. The predicted molar refractivity (Wildman–Crippen MR) is 105 cm³/mol. The van der Waals surface area contributed by atoms with Crippen LogP contribution >= 0.6 is 0 Å². The highest BCUT2D eigenvalue weighted by atomic mass is 16.5. The zero-order valence-electron chi connectivity index (χ0n) is 15.0. The van der Waals surface area contributed by atoms with Gasteiger partial charge in [-0.05, 0) is 58.7 Å². The van der Waals surface area contributed by atoms with Gasteiger partial charge in [0.1, 0.15) is 0 Å². The Bertz CT molecular complexity index is 968. The standard InChI is InChI=1S/C21H21N3O3/c1-2-14-3-5-18-12-15(4-6-17(18)11-14)13-22-21(26)23-19-9-7-16(8-10-19)20(25)24-27/h3-12,27H,2,13H2,1H3,(H,24,25)(H2,22,23,26). The maximum Gasteiger partial charge on any atom is 0.319 e. The van der Waals surface area contributed by atoms with E-state index in [-0.39, 0.29) is 6.03 Å². The molecule has 0 radical (unpaired) electrons. The van der Waals surface area contributed by atoms with Gasteiger partial charge in [-0.3, -0.25) is 10.0 Å². The highest BCUT2D eigenvalue weighted by Crippen LogP contribution is 2.18. The van der Waals surface area contributed by atoms with E-state index in [0.717, 1.165) is 17.4 Å². The number of urea groups is 1. The van der Waals surface area contributed by atoms with Gasteiger partial charge in [0.2, 0.25) is 0 Å². The number of aryl methyl sites for hydroxylation is 1. The van der Waals surface area contributed by atoms with Gasteiger partial charge >= 0.3 is 6.03 Å². The van der Waals surface area contributed by atoms with E-state index in [1.165, 1.54) is 23.1 Å².